The molecule has 1 fully saturated rings. The molecule has 1 amide bonds. The van der Waals surface area contributed by atoms with E-state index in [2.05, 4.69) is 21.2 Å². The fourth-order valence-corrected chi connectivity index (χ4v) is 4.55. The Morgan fingerprint density at radius 1 is 1.12 bits per heavy atom. The fourth-order valence-electron chi connectivity index (χ4n) is 3.45. The monoisotopic (exact) mass is 542 g/mol. The van der Waals surface area contributed by atoms with Gasteiger partial charge in [0, 0.05) is 10.6 Å². The predicted octanol–water partition coefficient (Wildman–Crippen LogP) is 6.26. The van der Waals surface area contributed by atoms with Gasteiger partial charge in [0.05, 0.1) is 17.3 Å². The third kappa shape index (κ3) is 5.21. The zero-order chi connectivity index (χ0) is 23.5. The van der Waals surface area contributed by atoms with Crippen molar-refractivity contribution in [2.45, 2.75) is 13.5 Å². The van der Waals surface area contributed by atoms with Crippen molar-refractivity contribution < 1.29 is 14.3 Å². The molecule has 0 aliphatic carbocycles. The molecule has 1 heterocycles. The topological polar surface area (TPSA) is 50.8 Å². The Labute approximate surface area is 211 Å². The standard InChI is InChI=1S/C25H20BrClN2O3S/c1-15-4-3-5-19(10-15)29-24(30)21(28-25(29)33)12-16-6-8-22(31-2)17(11-16)14-32-23-9-7-18(27)13-20(23)26/h3-13H,14H2,1-2H3,(H,28,33)/b21-12+. The number of rotatable bonds is 6. The van der Waals surface area contributed by atoms with Crippen molar-refractivity contribution in [3.63, 3.8) is 0 Å². The summed E-state index contributed by atoms with van der Waals surface area (Å²) in [5.41, 5.74) is 3.83. The number of carbonyl (C=O) groups is 1. The molecule has 1 saturated heterocycles. The largest absolute Gasteiger partial charge is 0.496 e. The van der Waals surface area contributed by atoms with Crippen molar-refractivity contribution in [3.8, 4) is 11.5 Å². The van der Waals surface area contributed by atoms with Crippen LogP contribution in [0.1, 0.15) is 16.7 Å². The molecule has 1 N–H and O–H groups in total. The summed E-state index contributed by atoms with van der Waals surface area (Å²) in [6.45, 7) is 2.25. The molecule has 0 atom stereocenters. The summed E-state index contributed by atoms with van der Waals surface area (Å²) >= 11 is 14.9. The van der Waals surface area contributed by atoms with Crippen molar-refractivity contribution in [1.29, 1.82) is 0 Å². The molecule has 0 spiro atoms. The van der Waals surface area contributed by atoms with Gasteiger partial charge in [0.25, 0.3) is 5.91 Å². The molecular weight excluding hydrogens is 524 g/mol. The Hall–Kier alpha value is -2.87. The molecule has 3 aromatic rings. The third-order valence-electron chi connectivity index (χ3n) is 5.03. The van der Waals surface area contributed by atoms with E-state index < -0.39 is 0 Å². The molecule has 1 aliphatic rings. The number of halogens is 2. The molecule has 1 aliphatic heterocycles. The van der Waals surface area contributed by atoms with Crippen LogP contribution in [0.15, 0.2) is 70.8 Å². The molecule has 33 heavy (non-hydrogen) atoms. The van der Waals surface area contributed by atoms with Crippen LogP contribution in [0.3, 0.4) is 0 Å². The van der Waals surface area contributed by atoms with Crippen molar-refractivity contribution in [2.75, 3.05) is 12.0 Å². The average molecular weight is 544 g/mol. The quantitative estimate of drug-likeness (QED) is 0.294. The van der Waals surface area contributed by atoms with Crippen LogP contribution in [0, 0.1) is 6.92 Å². The number of carbonyl (C=O) groups excluding carboxylic acids is 1. The number of nitrogens with zero attached hydrogens (tertiary/aromatic N) is 1. The van der Waals surface area contributed by atoms with E-state index in [1.54, 1.807) is 31.4 Å². The van der Waals surface area contributed by atoms with E-state index >= 15 is 0 Å². The highest BCUT2D eigenvalue weighted by molar-refractivity contribution is 9.10. The smallest absolute Gasteiger partial charge is 0.281 e. The van der Waals surface area contributed by atoms with Gasteiger partial charge in [0.2, 0.25) is 0 Å². The van der Waals surface area contributed by atoms with Gasteiger partial charge in [-0.3, -0.25) is 9.69 Å². The first-order valence-corrected chi connectivity index (χ1v) is 11.6. The number of methoxy groups -OCH3 is 1. The number of anilines is 1. The van der Waals surface area contributed by atoms with Crippen LogP contribution in [-0.2, 0) is 11.4 Å². The Morgan fingerprint density at radius 2 is 1.91 bits per heavy atom. The van der Waals surface area contributed by atoms with Crippen molar-refractivity contribution in [3.05, 3.63) is 92.5 Å². The first kappa shape index (κ1) is 23.3. The highest BCUT2D eigenvalue weighted by Gasteiger charge is 2.32. The molecular formula is C25H20BrClN2O3S. The normalized spacial score (nSPS) is 14.5. The van der Waals surface area contributed by atoms with Crippen molar-refractivity contribution in [2.24, 2.45) is 0 Å². The van der Waals surface area contributed by atoms with Crippen LogP contribution in [0.4, 0.5) is 5.69 Å². The van der Waals surface area contributed by atoms with E-state index in [1.807, 2.05) is 49.4 Å². The maximum Gasteiger partial charge on any atom is 0.281 e. The number of benzene rings is 3. The van der Waals surface area contributed by atoms with E-state index in [9.17, 15) is 4.79 Å². The summed E-state index contributed by atoms with van der Waals surface area (Å²) in [5.74, 6) is 1.14. The van der Waals surface area contributed by atoms with Crippen molar-refractivity contribution in [1.82, 2.24) is 5.32 Å². The lowest BCUT2D eigenvalue weighted by atomic mass is 10.1. The second-order valence-corrected chi connectivity index (χ2v) is 9.08. The van der Waals surface area contributed by atoms with Gasteiger partial charge in [0.15, 0.2) is 5.11 Å². The maximum absolute atomic E-state index is 13.1. The molecule has 4 rings (SSSR count). The van der Waals surface area contributed by atoms with Gasteiger partial charge in [-0.25, -0.2) is 0 Å². The third-order valence-corrected chi connectivity index (χ3v) is 6.17. The number of nitrogens with one attached hydrogen (secondary N) is 1. The van der Waals surface area contributed by atoms with E-state index in [0.29, 0.717) is 27.3 Å². The Balaban J connectivity index is 1.58. The van der Waals surface area contributed by atoms with E-state index in [1.165, 1.54) is 4.90 Å². The number of ether oxygens (including phenoxy) is 2. The molecule has 0 bridgehead atoms. The van der Waals surface area contributed by atoms with Crippen molar-refractivity contribution >= 4 is 62.5 Å². The lowest BCUT2D eigenvalue weighted by Gasteiger charge is -2.14. The molecule has 5 nitrogen and oxygen atoms in total. The summed E-state index contributed by atoms with van der Waals surface area (Å²) in [4.78, 5) is 14.6. The number of thiocarbonyl (C=S) groups is 1. The second-order valence-electron chi connectivity index (χ2n) is 7.40. The number of amides is 1. The number of hydrogen-bond acceptors (Lipinski definition) is 4. The SMILES string of the molecule is COc1ccc(/C=C2/NC(=S)N(c3cccc(C)c3)C2=O)cc1COc1ccc(Cl)cc1Br. The minimum atomic E-state index is -0.204. The highest BCUT2D eigenvalue weighted by atomic mass is 79.9. The summed E-state index contributed by atoms with van der Waals surface area (Å²) in [6.07, 6.45) is 1.77. The van der Waals surface area contributed by atoms with Gasteiger partial charge in [-0.2, -0.15) is 0 Å². The lowest BCUT2D eigenvalue weighted by molar-refractivity contribution is -0.113. The summed E-state index contributed by atoms with van der Waals surface area (Å²) in [6, 6.07) is 18.6. The van der Waals surface area contributed by atoms with Gasteiger partial charge in [-0.15, -0.1) is 0 Å². The van der Waals surface area contributed by atoms with Crippen LogP contribution >= 0.6 is 39.7 Å². The highest BCUT2D eigenvalue weighted by Crippen LogP contribution is 2.30. The molecule has 3 aromatic carbocycles. The average Bonchev–Trinajstić information content (AvgIpc) is 3.06. The fraction of sp³-hybridized carbons (Fsp3) is 0.120. The Bertz CT molecular complexity index is 1280. The Kier molecular flexibility index (Phi) is 7.02. The van der Waals surface area contributed by atoms with Gasteiger partial charge in [-0.1, -0.05) is 29.8 Å². The van der Waals surface area contributed by atoms with E-state index in [0.717, 1.165) is 26.9 Å². The number of hydrogen-bond donors (Lipinski definition) is 1. The van der Waals surface area contributed by atoms with E-state index in [4.69, 9.17) is 33.3 Å². The lowest BCUT2D eigenvalue weighted by Crippen LogP contribution is -2.30. The first-order chi connectivity index (χ1) is 15.9. The maximum atomic E-state index is 13.1. The predicted molar refractivity (Wildman–Crippen MR) is 139 cm³/mol. The zero-order valence-corrected chi connectivity index (χ0v) is 21.1. The van der Waals surface area contributed by atoms with Gasteiger partial charge < -0.3 is 14.8 Å². The molecule has 8 heteroatoms. The Morgan fingerprint density at radius 3 is 2.64 bits per heavy atom. The van der Waals surface area contributed by atoms with E-state index in [-0.39, 0.29) is 12.5 Å². The summed E-state index contributed by atoms with van der Waals surface area (Å²) < 4.78 is 12.2. The molecule has 168 valence electrons. The van der Waals surface area contributed by atoms with Crippen LogP contribution in [0.25, 0.3) is 6.08 Å². The minimum absolute atomic E-state index is 0.204. The molecule has 0 saturated carbocycles. The zero-order valence-electron chi connectivity index (χ0n) is 17.9. The number of aryl methyl sites for hydroxylation is 1. The van der Waals surface area contributed by atoms with Crippen LogP contribution in [-0.4, -0.2) is 18.1 Å². The van der Waals surface area contributed by atoms with Crippen LogP contribution in [0.2, 0.25) is 5.02 Å². The molecule has 0 aromatic heterocycles. The molecule has 0 radical (unpaired) electrons. The summed E-state index contributed by atoms with van der Waals surface area (Å²) in [5, 5.41) is 3.99. The minimum Gasteiger partial charge on any atom is -0.496 e. The van der Waals surface area contributed by atoms with Crippen LogP contribution in [0.5, 0.6) is 11.5 Å². The van der Waals surface area contributed by atoms with Gasteiger partial charge >= 0.3 is 0 Å². The van der Waals surface area contributed by atoms with Gasteiger partial charge in [0.1, 0.15) is 23.8 Å². The van der Waals surface area contributed by atoms with Crippen LogP contribution < -0.4 is 19.7 Å². The van der Waals surface area contributed by atoms with Gasteiger partial charge in [-0.05, 0) is 94.7 Å². The second kappa shape index (κ2) is 9.95. The summed E-state index contributed by atoms with van der Waals surface area (Å²) in [7, 11) is 1.61. The molecule has 0 unspecified atom stereocenters. The first-order valence-electron chi connectivity index (χ1n) is 10.0.